The Morgan fingerprint density at radius 2 is 1.75 bits per heavy atom. The molecule has 0 aromatic heterocycles. The van der Waals surface area contributed by atoms with Crippen molar-refractivity contribution in [3.63, 3.8) is 0 Å². The van der Waals surface area contributed by atoms with E-state index in [2.05, 4.69) is 10.6 Å². The van der Waals surface area contributed by atoms with E-state index < -0.39 is 17.9 Å². The molecule has 3 N–H and O–H groups in total. The minimum atomic E-state index is -1.05. The largest absolute Gasteiger partial charge is 0.480 e. The van der Waals surface area contributed by atoms with Gasteiger partial charge in [0.2, 0.25) is 11.8 Å². The summed E-state index contributed by atoms with van der Waals surface area (Å²) in [6.07, 6.45) is 9.22. The fraction of sp³-hybridized carbons (Fsp3) is 0.833. The maximum atomic E-state index is 11.8. The zero-order chi connectivity index (χ0) is 17.9. The predicted octanol–water partition coefficient (Wildman–Crippen LogP) is 2.47. The van der Waals surface area contributed by atoms with Crippen molar-refractivity contribution < 1.29 is 19.5 Å². The molecule has 1 aliphatic rings. The highest BCUT2D eigenvalue weighted by atomic mass is 16.4. The SMILES string of the molecule is CC(C)C[C@H](NC(=O)CNC(=O)CCCC1CCCCC1)C(=O)O. The third-order valence-electron chi connectivity index (χ3n) is 4.53. The van der Waals surface area contributed by atoms with Crippen molar-refractivity contribution in [3.8, 4) is 0 Å². The lowest BCUT2D eigenvalue weighted by atomic mass is 9.86. The van der Waals surface area contributed by atoms with Crippen LogP contribution in [0.4, 0.5) is 0 Å². The van der Waals surface area contributed by atoms with Crippen LogP contribution in [0.3, 0.4) is 0 Å². The van der Waals surface area contributed by atoms with Crippen LogP contribution < -0.4 is 10.6 Å². The molecule has 1 fully saturated rings. The zero-order valence-electron chi connectivity index (χ0n) is 15.0. The summed E-state index contributed by atoms with van der Waals surface area (Å²) in [7, 11) is 0. The van der Waals surface area contributed by atoms with Crippen LogP contribution >= 0.6 is 0 Å². The molecule has 0 aromatic carbocycles. The first-order valence-electron chi connectivity index (χ1n) is 9.17. The summed E-state index contributed by atoms with van der Waals surface area (Å²) in [6.45, 7) is 3.64. The standard InChI is InChI=1S/C18H32N2O4/c1-13(2)11-15(18(23)24)20-17(22)12-19-16(21)10-6-9-14-7-4-3-5-8-14/h13-15H,3-12H2,1-2H3,(H,19,21)(H,20,22)(H,23,24)/t15-/m0/s1. The first-order chi connectivity index (χ1) is 11.4. The molecule has 0 aliphatic heterocycles. The van der Waals surface area contributed by atoms with E-state index in [1.807, 2.05) is 13.8 Å². The van der Waals surface area contributed by atoms with Crippen LogP contribution in [0.1, 0.15) is 71.6 Å². The van der Waals surface area contributed by atoms with Crippen LogP contribution in [0, 0.1) is 11.8 Å². The molecule has 0 spiro atoms. The molecule has 1 rings (SSSR count). The van der Waals surface area contributed by atoms with Crippen molar-refractivity contribution in [1.82, 2.24) is 10.6 Å². The number of carboxylic acid groups (broad SMARTS) is 1. The van der Waals surface area contributed by atoms with Gasteiger partial charge in [0.25, 0.3) is 0 Å². The van der Waals surface area contributed by atoms with Crippen molar-refractivity contribution in [2.24, 2.45) is 11.8 Å². The fourth-order valence-electron chi connectivity index (χ4n) is 3.23. The van der Waals surface area contributed by atoms with Gasteiger partial charge in [0.15, 0.2) is 0 Å². The lowest BCUT2D eigenvalue weighted by Crippen LogP contribution is -2.46. The van der Waals surface area contributed by atoms with Crippen LogP contribution in [0.2, 0.25) is 0 Å². The molecular weight excluding hydrogens is 308 g/mol. The summed E-state index contributed by atoms with van der Waals surface area (Å²) < 4.78 is 0. The van der Waals surface area contributed by atoms with Crippen molar-refractivity contribution in [2.45, 2.75) is 77.7 Å². The molecule has 6 nitrogen and oxygen atoms in total. The minimum Gasteiger partial charge on any atom is -0.480 e. The molecular formula is C18H32N2O4. The maximum Gasteiger partial charge on any atom is 0.326 e. The van der Waals surface area contributed by atoms with Gasteiger partial charge in [-0.05, 0) is 31.1 Å². The molecule has 0 heterocycles. The summed E-state index contributed by atoms with van der Waals surface area (Å²) in [5, 5.41) is 14.1. The second kappa shape index (κ2) is 11.0. The smallest absolute Gasteiger partial charge is 0.326 e. The molecule has 0 bridgehead atoms. The van der Waals surface area contributed by atoms with Gasteiger partial charge in [-0.1, -0.05) is 46.0 Å². The summed E-state index contributed by atoms with van der Waals surface area (Å²) in [5.74, 6) is -0.723. The molecule has 2 amide bonds. The highest BCUT2D eigenvalue weighted by molar-refractivity contribution is 5.87. The molecule has 0 aromatic rings. The summed E-state index contributed by atoms with van der Waals surface area (Å²) in [6, 6.07) is -0.902. The van der Waals surface area contributed by atoms with Gasteiger partial charge in [0.05, 0.1) is 6.54 Å². The van der Waals surface area contributed by atoms with E-state index in [1.165, 1.54) is 32.1 Å². The number of hydrogen-bond acceptors (Lipinski definition) is 3. The topological polar surface area (TPSA) is 95.5 Å². The van der Waals surface area contributed by atoms with Crippen LogP contribution in [0.15, 0.2) is 0 Å². The molecule has 138 valence electrons. The van der Waals surface area contributed by atoms with Crippen LogP contribution in [-0.4, -0.2) is 35.5 Å². The monoisotopic (exact) mass is 340 g/mol. The van der Waals surface area contributed by atoms with Crippen molar-refractivity contribution >= 4 is 17.8 Å². The molecule has 1 atom stereocenters. The average molecular weight is 340 g/mol. The van der Waals surface area contributed by atoms with E-state index in [1.54, 1.807) is 0 Å². The molecule has 0 unspecified atom stereocenters. The van der Waals surface area contributed by atoms with E-state index in [0.717, 1.165) is 18.8 Å². The van der Waals surface area contributed by atoms with Crippen LogP contribution in [0.5, 0.6) is 0 Å². The van der Waals surface area contributed by atoms with E-state index in [9.17, 15) is 14.4 Å². The Morgan fingerprint density at radius 1 is 1.08 bits per heavy atom. The highest BCUT2D eigenvalue weighted by Gasteiger charge is 2.21. The second-order valence-electron chi connectivity index (χ2n) is 7.26. The second-order valence-corrected chi connectivity index (χ2v) is 7.26. The van der Waals surface area contributed by atoms with Gasteiger partial charge in [-0.15, -0.1) is 0 Å². The van der Waals surface area contributed by atoms with Crippen molar-refractivity contribution in [1.29, 1.82) is 0 Å². The Bertz CT molecular complexity index is 417. The predicted molar refractivity (Wildman–Crippen MR) is 92.5 cm³/mol. The van der Waals surface area contributed by atoms with Gasteiger partial charge < -0.3 is 15.7 Å². The van der Waals surface area contributed by atoms with Gasteiger partial charge in [0.1, 0.15) is 6.04 Å². The Labute approximate surface area is 144 Å². The quantitative estimate of drug-likeness (QED) is 0.569. The molecule has 0 radical (unpaired) electrons. The normalized spacial score (nSPS) is 16.6. The average Bonchev–Trinajstić information content (AvgIpc) is 2.53. The van der Waals surface area contributed by atoms with E-state index in [4.69, 9.17) is 5.11 Å². The Kier molecular flexibility index (Phi) is 9.42. The number of carbonyl (C=O) groups excluding carboxylic acids is 2. The Morgan fingerprint density at radius 3 is 2.33 bits per heavy atom. The van der Waals surface area contributed by atoms with E-state index >= 15 is 0 Å². The Hall–Kier alpha value is -1.59. The third-order valence-corrected chi connectivity index (χ3v) is 4.53. The maximum absolute atomic E-state index is 11.8. The molecule has 0 saturated heterocycles. The first-order valence-corrected chi connectivity index (χ1v) is 9.17. The molecule has 6 heteroatoms. The number of carboxylic acids is 1. The number of carbonyl (C=O) groups is 3. The van der Waals surface area contributed by atoms with Crippen molar-refractivity contribution in [3.05, 3.63) is 0 Å². The van der Waals surface area contributed by atoms with Crippen molar-refractivity contribution in [2.75, 3.05) is 6.54 Å². The first kappa shape index (κ1) is 20.5. The molecule has 1 aliphatic carbocycles. The van der Waals surface area contributed by atoms with Gasteiger partial charge in [-0.25, -0.2) is 4.79 Å². The lowest BCUT2D eigenvalue weighted by molar-refractivity contribution is -0.142. The Balaban J connectivity index is 2.17. The minimum absolute atomic E-state index is 0.142. The summed E-state index contributed by atoms with van der Waals surface area (Å²) >= 11 is 0. The van der Waals surface area contributed by atoms with Gasteiger partial charge in [0, 0.05) is 6.42 Å². The zero-order valence-corrected chi connectivity index (χ0v) is 15.0. The number of hydrogen-bond donors (Lipinski definition) is 3. The van der Waals surface area contributed by atoms with Gasteiger partial charge in [-0.3, -0.25) is 9.59 Å². The molecule has 1 saturated carbocycles. The summed E-state index contributed by atoms with van der Waals surface area (Å²) in [5.41, 5.74) is 0. The van der Waals surface area contributed by atoms with E-state index in [0.29, 0.717) is 12.8 Å². The fourth-order valence-corrected chi connectivity index (χ4v) is 3.23. The molecule has 24 heavy (non-hydrogen) atoms. The highest BCUT2D eigenvalue weighted by Crippen LogP contribution is 2.27. The van der Waals surface area contributed by atoms with E-state index in [-0.39, 0.29) is 18.4 Å². The number of nitrogens with one attached hydrogen (secondary N) is 2. The van der Waals surface area contributed by atoms with Gasteiger partial charge >= 0.3 is 5.97 Å². The number of amides is 2. The van der Waals surface area contributed by atoms with Gasteiger partial charge in [-0.2, -0.15) is 0 Å². The lowest BCUT2D eigenvalue weighted by Gasteiger charge is -2.21. The third kappa shape index (κ3) is 8.89. The van der Waals surface area contributed by atoms with Crippen LogP contribution in [-0.2, 0) is 14.4 Å². The number of rotatable bonds is 10. The van der Waals surface area contributed by atoms with Crippen LogP contribution in [0.25, 0.3) is 0 Å². The number of aliphatic carboxylic acids is 1. The summed E-state index contributed by atoms with van der Waals surface area (Å²) in [4.78, 5) is 34.7.